The molecule has 0 aliphatic rings. The standard InChI is InChI=1S/C16H28N4O/c1-16(2,20(3)4)12-19-15(17)18-11-10-13-6-8-14(21-5)9-7-13/h6-9H,10-12H2,1-5H3,(H3,17,18,19). The van der Waals surface area contributed by atoms with Gasteiger partial charge in [0.25, 0.3) is 0 Å². The number of aliphatic imine (C=N–C) groups is 1. The number of rotatable bonds is 7. The summed E-state index contributed by atoms with van der Waals surface area (Å²) in [5.74, 6) is 1.37. The highest BCUT2D eigenvalue weighted by molar-refractivity contribution is 5.77. The Morgan fingerprint density at radius 2 is 1.90 bits per heavy atom. The summed E-state index contributed by atoms with van der Waals surface area (Å²) in [6, 6.07) is 8.05. The van der Waals surface area contributed by atoms with Crippen molar-refractivity contribution in [3.63, 3.8) is 0 Å². The number of ether oxygens (including phenoxy) is 1. The van der Waals surface area contributed by atoms with Gasteiger partial charge in [-0.1, -0.05) is 12.1 Å². The van der Waals surface area contributed by atoms with Gasteiger partial charge in [0.1, 0.15) is 5.75 Å². The molecule has 0 heterocycles. The van der Waals surface area contributed by atoms with Crippen molar-refractivity contribution < 1.29 is 4.74 Å². The highest BCUT2D eigenvalue weighted by Gasteiger charge is 2.19. The molecule has 1 aromatic rings. The van der Waals surface area contributed by atoms with Crippen molar-refractivity contribution in [2.24, 2.45) is 10.7 Å². The Morgan fingerprint density at radius 1 is 1.29 bits per heavy atom. The van der Waals surface area contributed by atoms with Crippen molar-refractivity contribution in [3.05, 3.63) is 29.8 Å². The maximum absolute atomic E-state index is 5.89. The fourth-order valence-corrected chi connectivity index (χ4v) is 1.60. The molecule has 3 N–H and O–H groups in total. The summed E-state index contributed by atoms with van der Waals surface area (Å²) in [6.07, 6.45) is 0.900. The van der Waals surface area contributed by atoms with Gasteiger partial charge in [-0.15, -0.1) is 0 Å². The minimum Gasteiger partial charge on any atom is -0.497 e. The minimum absolute atomic E-state index is 0.00227. The van der Waals surface area contributed by atoms with Gasteiger partial charge in [0, 0.05) is 12.1 Å². The number of nitrogens with zero attached hydrogens (tertiary/aromatic N) is 2. The lowest BCUT2D eigenvalue weighted by Gasteiger charge is -2.30. The zero-order chi connectivity index (χ0) is 15.9. The van der Waals surface area contributed by atoms with Crippen molar-refractivity contribution in [2.75, 3.05) is 34.3 Å². The maximum atomic E-state index is 5.89. The summed E-state index contributed by atoms with van der Waals surface area (Å²) in [4.78, 5) is 6.54. The molecule has 1 rings (SSSR count). The molecule has 1 aromatic carbocycles. The Kier molecular flexibility index (Phi) is 6.49. The van der Waals surface area contributed by atoms with Crippen molar-refractivity contribution in [1.82, 2.24) is 10.2 Å². The Hall–Kier alpha value is -1.75. The molecular formula is C16H28N4O. The lowest BCUT2D eigenvalue weighted by atomic mass is 10.1. The summed E-state index contributed by atoms with van der Waals surface area (Å²) in [7, 11) is 5.76. The Morgan fingerprint density at radius 3 is 2.43 bits per heavy atom. The summed E-state index contributed by atoms with van der Waals surface area (Å²) >= 11 is 0. The fourth-order valence-electron chi connectivity index (χ4n) is 1.60. The topological polar surface area (TPSA) is 62.9 Å². The second kappa shape index (κ2) is 7.88. The summed E-state index contributed by atoms with van der Waals surface area (Å²) in [5.41, 5.74) is 7.13. The van der Waals surface area contributed by atoms with Crippen LogP contribution in [0.1, 0.15) is 19.4 Å². The Bertz CT molecular complexity index is 452. The van der Waals surface area contributed by atoms with E-state index in [0.29, 0.717) is 12.5 Å². The lowest BCUT2D eigenvalue weighted by Crippen LogP contribution is -2.42. The molecule has 0 aliphatic carbocycles. The van der Waals surface area contributed by atoms with Crippen LogP contribution in [-0.4, -0.2) is 50.7 Å². The van der Waals surface area contributed by atoms with Crippen molar-refractivity contribution >= 4 is 5.96 Å². The van der Waals surface area contributed by atoms with E-state index in [-0.39, 0.29) is 5.54 Å². The van der Waals surface area contributed by atoms with Gasteiger partial charge in [0.2, 0.25) is 0 Å². The van der Waals surface area contributed by atoms with Crippen molar-refractivity contribution in [3.8, 4) is 5.75 Å². The predicted molar refractivity (Wildman–Crippen MR) is 89.0 cm³/mol. The summed E-state index contributed by atoms with van der Waals surface area (Å²) in [5, 5.41) is 3.15. The van der Waals surface area contributed by atoms with Crippen LogP contribution in [0.5, 0.6) is 5.75 Å². The zero-order valence-corrected chi connectivity index (χ0v) is 13.8. The molecule has 0 aromatic heterocycles. The van der Waals surface area contributed by atoms with E-state index in [0.717, 1.165) is 18.7 Å². The van der Waals surface area contributed by atoms with Crippen LogP contribution in [0, 0.1) is 0 Å². The van der Waals surface area contributed by atoms with Crippen LogP contribution in [0.2, 0.25) is 0 Å². The molecule has 0 spiro atoms. The van der Waals surface area contributed by atoms with Gasteiger partial charge < -0.3 is 20.7 Å². The van der Waals surface area contributed by atoms with Crippen LogP contribution in [0.3, 0.4) is 0 Å². The zero-order valence-electron chi connectivity index (χ0n) is 13.8. The third kappa shape index (κ3) is 6.04. The molecule has 118 valence electrons. The van der Waals surface area contributed by atoms with Crippen molar-refractivity contribution in [2.45, 2.75) is 25.8 Å². The van der Waals surface area contributed by atoms with E-state index in [2.05, 4.69) is 41.2 Å². The normalized spacial score (nSPS) is 12.6. The molecule has 0 unspecified atom stereocenters. The number of hydrogen-bond donors (Lipinski definition) is 2. The molecule has 0 atom stereocenters. The largest absolute Gasteiger partial charge is 0.497 e. The average Bonchev–Trinajstić information content (AvgIpc) is 2.46. The molecular weight excluding hydrogens is 264 g/mol. The number of guanidine groups is 1. The molecule has 21 heavy (non-hydrogen) atoms. The van der Waals surface area contributed by atoms with Gasteiger partial charge in [0.15, 0.2) is 5.96 Å². The molecule has 5 nitrogen and oxygen atoms in total. The second-order valence-corrected chi connectivity index (χ2v) is 5.93. The Balaban J connectivity index is 2.37. The number of likely N-dealkylation sites (N-methyl/N-ethyl adjacent to an activating group) is 1. The fraction of sp³-hybridized carbons (Fsp3) is 0.562. The van der Waals surface area contributed by atoms with Gasteiger partial charge in [-0.05, 0) is 52.1 Å². The molecule has 0 saturated heterocycles. The number of nitrogens with one attached hydrogen (secondary N) is 1. The quantitative estimate of drug-likeness (QED) is 0.590. The van der Waals surface area contributed by atoms with E-state index in [4.69, 9.17) is 10.5 Å². The van der Waals surface area contributed by atoms with Gasteiger partial charge in [-0.25, -0.2) is 0 Å². The lowest BCUT2D eigenvalue weighted by molar-refractivity contribution is 0.205. The first-order valence-corrected chi connectivity index (χ1v) is 7.19. The predicted octanol–water partition coefficient (Wildman–Crippen LogP) is 1.48. The van der Waals surface area contributed by atoms with E-state index in [9.17, 15) is 0 Å². The molecule has 0 fully saturated rings. The van der Waals surface area contributed by atoms with Crippen LogP contribution < -0.4 is 15.8 Å². The molecule has 0 bridgehead atoms. The Labute approximate surface area is 128 Å². The molecule has 0 amide bonds. The number of nitrogens with two attached hydrogens (primary N) is 1. The second-order valence-electron chi connectivity index (χ2n) is 5.93. The summed E-state index contributed by atoms with van der Waals surface area (Å²) in [6.45, 7) is 5.72. The van der Waals surface area contributed by atoms with Gasteiger partial charge in [0.05, 0.1) is 13.7 Å². The first kappa shape index (κ1) is 17.3. The van der Waals surface area contributed by atoms with Crippen LogP contribution in [-0.2, 0) is 6.42 Å². The van der Waals surface area contributed by atoms with Crippen LogP contribution in [0.4, 0.5) is 0 Å². The summed E-state index contributed by atoms with van der Waals surface area (Å²) < 4.78 is 5.14. The molecule has 0 aliphatic heterocycles. The van der Waals surface area contributed by atoms with Gasteiger partial charge >= 0.3 is 0 Å². The average molecular weight is 292 g/mol. The van der Waals surface area contributed by atoms with E-state index < -0.39 is 0 Å². The highest BCUT2D eigenvalue weighted by atomic mass is 16.5. The third-order valence-corrected chi connectivity index (χ3v) is 3.73. The number of benzene rings is 1. The van der Waals surface area contributed by atoms with Crippen LogP contribution in [0.25, 0.3) is 0 Å². The molecule has 5 heteroatoms. The number of methoxy groups -OCH3 is 1. The van der Waals surface area contributed by atoms with E-state index in [1.807, 2.05) is 26.2 Å². The van der Waals surface area contributed by atoms with Crippen LogP contribution >= 0.6 is 0 Å². The molecule has 0 radical (unpaired) electrons. The van der Waals surface area contributed by atoms with Crippen LogP contribution in [0.15, 0.2) is 29.3 Å². The first-order chi connectivity index (χ1) is 9.85. The number of hydrogen-bond acceptors (Lipinski definition) is 3. The molecule has 0 saturated carbocycles. The van der Waals surface area contributed by atoms with E-state index >= 15 is 0 Å². The van der Waals surface area contributed by atoms with Gasteiger partial charge in [-0.3, -0.25) is 4.99 Å². The monoisotopic (exact) mass is 292 g/mol. The van der Waals surface area contributed by atoms with Gasteiger partial charge in [-0.2, -0.15) is 0 Å². The smallest absolute Gasteiger partial charge is 0.188 e. The SMILES string of the molecule is COc1ccc(CCNC(N)=NCC(C)(C)N(C)C)cc1. The third-order valence-electron chi connectivity index (χ3n) is 3.73. The first-order valence-electron chi connectivity index (χ1n) is 7.19. The van der Waals surface area contributed by atoms with Crippen molar-refractivity contribution in [1.29, 1.82) is 0 Å². The highest BCUT2D eigenvalue weighted by Crippen LogP contribution is 2.11. The maximum Gasteiger partial charge on any atom is 0.188 e. The minimum atomic E-state index is 0.00227. The van der Waals surface area contributed by atoms with E-state index in [1.54, 1.807) is 7.11 Å². The van der Waals surface area contributed by atoms with E-state index in [1.165, 1.54) is 5.56 Å².